The van der Waals surface area contributed by atoms with Crippen LogP contribution in [0.4, 0.5) is 13.2 Å². The Morgan fingerprint density at radius 1 is 1.09 bits per heavy atom. The van der Waals surface area contributed by atoms with Crippen LogP contribution in [0.5, 0.6) is 0 Å². The Morgan fingerprint density at radius 3 is 2.52 bits per heavy atom. The molecule has 2 amide bonds. The van der Waals surface area contributed by atoms with Crippen molar-refractivity contribution in [3.8, 4) is 0 Å². The van der Waals surface area contributed by atoms with Crippen LogP contribution in [0.15, 0.2) is 72.3 Å². The lowest BCUT2D eigenvalue weighted by Crippen LogP contribution is -2.51. The molecule has 246 valence electrons. The summed E-state index contributed by atoms with van der Waals surface area (Å²) in [5, 5.41) is 11.8. The van der Waals surface area contributed by atoms with E-state index in [-0.39, 0.29) is 49.5 Å². The summed E-state index contributed by atoms with van der Waals surface area (Å²) in [6.45, 7) is -2.14. The molecule has 0 radical (unpaired) electrons. The molecule has 46 heavy (non-hydrogen) atoms. The number of hydrogen-bond acceptors (Lipinski definition) is 9. The van der Waals surface area contributed by atoms with Crippen LogP contribution >= 0.6 is 0 Å². The van der Waals surface area contributed by atoms with Crippen LogP contribution in [0, 0.1) is 0 Å². The molecule has 14 heteroatoms. The van der Waals surface area contributed by atoms with Crippen LogP contribution in [-0.2, 0) is 39.8 Å². The Kier molecular flexibility index (Phi) is 11.7. The number of aliphatic hydroxyl groups is 1. The number of halogens is 3. The molecule has 2 aromatic rings. The highest BCUT2D eigenvalue weighted by molar-refractivity contribution is 5.98. The highest BCUT2D eigenvalue weighted by Gasteiger charge is 2.44. The molecule has 1 aliphatic carbocycles. The first-order valence-electron chi connectivity index (χ1n) is 14.3. The van der Waals surface area contributed by atoms with Gasteiger partial charge in [-0.15, -0.1) is 0 Å². The molecule has 0 aromatic heterocycles. The molecule has 0 bridgehead atoms. The van der Waals surface area contributed by atoms with Crippen molar-refractivity contribution >= 4 is 29.8 Å². The number of nitrogens with zero attached hydrogens (tertiary/aromatic N) is 1. The zero-order valence-electron chi connectivity index (χ0n) is 24.8. The maximum Gasteiger partial charge on any atom is 0.422 e. The number of fused-ring (bicyclic) bond motifs is 1. The average Bonchev–Trinajstić information content (AvgIpc) is 3.53. The molecule has 1 fully saturated rings. The normalized spacial score (nSPS) is 19.9. The largest absolute Gasteiger partial charge is 0.456 e. The van der Waals surface area contributed by atoms with Crippen molar-refractivity contribution in [2.24, 2.45) is 0 Å². The van der Waals surface area contributed by atoms with Crippen molar-refractivity contribution in [2.75, 3.05) is 33.6 Å². The van der Waals surface area contributed by atoms with E-state index in [1.54, 1.807) is 12.1 Å². The van der Waals surface area contributed by atoms with E-state index in [1.807, 2.05) is 30.3 Å². The molecule has 4 atom stereocenters. The summed E-state index contributed by atoms with van der Waals surface area (Å²) < 4.78 is 58.3. The molecular formula is C32H33F3N2O9. The van der Waals surface area contributed by atoms with E-state index in [9.17, 15) is 37.5 Å². The zero-order chi connectivity index (χ0) is 33.3. The zero-order valence-corrected chi connectivity index (χ0v) is 24.8. The van der Waals surface area contributed by atoms with Crippen LogP contribution < -0.4 is 5.32 Å². The molecule has 0 saturated carbocycles. The van der Waals surface area contributed by atoms with Crippen LogP contribution in [0.25, 0.3) is 6.08 Å². The molecule has 11 nitrogen and oxygen atoms in total. The van der Waals surface area contributed by atoms with Crippen LogP contribution in [0.2, 0.25) is 0 Å². The molecule has 0 spiro atoms. The maximum absolute atomic E-state index is 13.8. The second-order valence-electron chi connectivity index (χ2n) is 10.5. The van der Waals surface area contributed by atoms with Gasteiger partial charge < -0.3 is 34.3 Å². The monoisotopic (exact) mass is 646 g/mol. The van der Waals surface area contributed by atoms with Crippen molar-refractivity contribution in [1.82, 2.24) is 10.2 Å². The third-order valence-corrected chi connectivity index (χ3v) is 7.26. The van der Waals surface area contributed by atoms with Gasteiger partial charge in [0.05, 0.1) is 12.2 Å². The topological polar surface area (TPSA) is 141 Å². The van der Waals surface area contributed by atoms with E-state index in [0.717, 1.165) is 17.7 Å². The maximum atomic E-state index is 13.8. The minimum atomic E-state index is -4.69. The molecule has 1 heterocycles. The number of carbonyl (C=O) groups is 4. The number of aliphatic hydroxyl groups excluding tert-OH is 1. The third-order valence-electron chi connectivity index (χ3n) is 7.26. The Labute approximate surface area is 262 Å². The molecule has 1 saturated heterocycles. The van der Waals surface area contributed by atoms with E-state index >= 15 is 0 Å². The number of hydrogen-bond donors (Lipinski definition) is 2. The number of alkyl halides is 3. The lowest BCUT2D eigenvalue weighted by atomic mass is 9.90. The van der Waals surface area contributed by atoms with Crippen LogP contribution in [0.1, 0.15) is 27.9 Å². The Bertz CT molecular complexity index is 1460. The van der Waals surface area contributed by atoms with Gasteiger partial charge in [0.2, 0.25) is 11.8 Å². The summed E-state index contributed by atoms with van der Waals surface area (Å²) in [7, 11) is 1.48. The first kappa shape index (κ1) is 34.3. The summed E-state index contributed by atoms with van der Waals surface area (Å²) >= 11 is 0. The van der Waals surface area contributed by atoms with Gasteiger partial charge in [-0.05, 0) is 29.3 Å². The Hall–Kier alpha value is -4.53. The SMILES string of the molecule is CN(C(=O)C1=CC2OCOC2C(OC(=O)c2ccccc2C=CC(=O)OCC(F)(F)F)C1)C(Cc1ccccc1)C(=O)NCCO. The number of rotatable bonds is 12. The summed E-state index contributed by atoms with van der Waals surface area (Å²) in [5.74, 6) is -3.05. The standard InChI is InChI=1S/C32H33F3N2O9/c1-37(24(29(40)36-13-14-38)15-20-7-3-2-4-8-20)30(41)22-16-25-28(45-19-44-25)26(17-22)46-31(42)23-10-6-5-9-21(23)11-12-27(39)43-18-32(33,34)35/h2-12,16,24-26,28,38H,13-15,17-19H2,1H3,(H,36,40). The van der Waals surface area contributed by atoms with Gasteiger partial charge in [-0.2, -0.15) is 13.2 Å². The fourth-order valence-electron chi connectivity index (χ4n) is 5.01. The second-order valence-corrected chi connectivity index (χ2v) is 10.5. The van der Waals surface area contributed by atoms with Crippen molar-refractivity contribution in [3.05, 3.63) is 89.0 Å². The number of benzene rings is 2. The number of nitrogens with one attached hydrogen (secondary N) is 1. The van der Waals surface area contributed by atoms with Gasteiger partial charge in [-0.1, -0.05) is 48.5 Å². The fraction of sp³-hybridized carbons (Fsp3) is 0.375. The van der Waals surface area contributed by atoms with E-state index in [0.29, 0.717) is 0 Å². The summed E-state index contributed by atoms with van der Waals surface area (Å²) in [4.78, 5) is 53.2. The molecule has 2 N–H and O–H groups in total. The van der Waals surface area contributed by atoms with Crippen LogP contribution in [-0.4, -0.2) is 97.9 Å². The second kappa shape index (κ2) is 15.7. The first-order valence-corrected chi connectivity index (χ1v) is 14.3. The predicted molar refractivity (Wildman–Crippen MR) is 156 cm³/mol. The van der Waals surface area contributed by atoms with Gasteiger partial charge in [0.15, 0.2) is 6.61 Å². The molecular weight excluding hydrogens is 613 g/mol. The summed E-state index contributed by atoms with van der Waals surface area (Å²) in [5.41, 5.74) is 1.21. The minimum Gasteiger partial charge on any atom is -0.456 e. The predicted octanol–water partition coefficient (Wildman–Crippen LogP) is 2.58. The molecule has 2 aromatic carbocycles. The molecule has 4 unspecified atom stereocenters. The van der Waals surface area contributed by atoms with Crippen molar-refractivity contribution < 1.29 is 56.4 Å². The number of carbonyl (C=O) groups excluding carboxylic acids is 4. The van der Waals surface area contributed by atoms with Gasteiger partial charge in [-0.3, -0.25) is 9.59 Å². The quantitative estimate of drug-likeness (QED) is 0.263. The third kappa shape index (κ3) is 9.25. The fourth-order valence-corrected chi connectivity index (χ4v) is 5.01. The highest BCUT2D eigenvalue weighted by atomic mass is 19.4. The number of amides is 2. The first-order chi connectivity index (χ1) is 22.0. The van der Waals surface area contributed by atoms with Crippen molar-refractivity contribution in [1.29, 1.82) is 0 Å². The van der Waals surface area contributed by atoms with Crippen molar-refractivity contribution in [2.45, 2.75) is 43.4 Å². The Morgan fingerprint density at radius 2 is 1.80 bits per heavy atom. The van der Waals surface area contributed by atoms with E-state index in [1.165, 1.54) is 30.1 Å². The smallest absolute Gasteiger partial charge is 0.422 e. The highest BCUT2D eigenvalue weighted by Crippen LogP contribution is 2.32. The van der Waals surface area contributed by atoms with Crippen molar-refractivity contribution in [3.63, 3.8) is 0 Å². The number of esters is 2. The van der Waals surface area contributed by atoms with Crippen LogP contribution in [0.3, 0.4) is 0 Å². The van der Waals surface area contributed by atoms with Gasteiger partial charge >= 0.3 is 18.1 Å². The van der Waals surface area contributed by atoms with Gasteiger partial charge in [0.25, 0.3) is 0 Å². The Balaban J connectivity index is 1.50. The van der Waals surface area contributed by atoms with Gasteiger partial charge in [0.1, 0.15) is 31.1 Å². The van der Waals surface area contributed by atoms with Gasteiger partial charge in [-0.25, -0.2) is 9.59 Å². The lowest BCUT2D eigenvalue weighted by Gasteiger charge is -2.33. The number of ether oxygens (including phenoxy) is 4. The van der Waals surface area contributed by atoms with E-state index < -0.39 is 60.9 Å². The average molecular weight is 647 g/mol. The number of likely N-dealkylation sites (N-methyl/N-ethyl adjacent to an activating group) is 1. The molecule has 2 aliphatic rings. The van der Waals surface area contributed by atoms with E-state index in [2.05, 4.69) is 10.1 Å². The summed E-state index contributed by atoms with van der Waals surface area (Å²) in [6.07, 6.45) is -3.53. The minimum absolute atomic E-state index is 0.000800. The molecule has 4 rings (SSSR count). The summed E-state index contributed by atoms with van der Waals surface area (Å²) in [6, 6.07) is 14.1. The lowest BCUT2D eigenvalue weighted by molar-refractivity contribution is -0.182. The van der Waals surface area contributed by atoms with Gasteiger partial charge in [0, 0.05) is 38.1 Å². The van der Waals surface area contributed by atoms with E-state index in [4.69, 9.17) is 14.2 Å². The molecule has 1 aliphatic heterocycles.